The van der Waals surface area contributed by atoms with E-state index in [-0.39, 0.29) is 0 Å². The van der Waals surface area contributed by atoms with Crippen molar-refractivity contribution in [3.63, 3.8) is 0 Å². The van der Waals surface area contributed by atoms with Gasteiger partial charge in [0.15, 0.2) is 0 Å². The first kappa shape index (κ1) is 27.2. The number of anilines is 3. The first-order valence-corrected chi connectivity index (χ1v) is 16.9. The van der Waals surface area contributed by atoms with Gasteiger partial charge in [-0.1, -0.05) is 91.0 Å². The lowest BCUT2D eigenvalue weighted by atomic mass is 10.0. The number of aromatic nitrogens is 1. The van der Waals surface area contributed by atoms with Crippen LogP contribution in [0.15, 0.2) is 179 Å². The molecule has 0 aliphatic rings. The van der Waals surface area contributed by atoms with Crippen molar-refractivity contribution in [3.8, 4) is 5.69 Å². The molecule has 0 bridgehead atoms. The van der Waals surface area contributed by atoms with Gasteiger partial charge in [-0.15, -0.1) is 0 Å². The van der Waals surface area contributed by atoms with Gasteiger partial charge < -0.3 is 18.3 Å². The first-order chi connectivity index (χ1) is 24.8. The first-order valence-electron chi connectivity index (χ1n) is 16.9. The average Bonchev–Trinajstić information content (AvgIpc) is 3.83. The van der Waals surface area contributed by atoms with Gasteiger partial charge in [0.25, 0.3) is 0 Å². The van der Waals surface area contributed by atoms with E-state index >= 15 is 0 Å². The van der Waals surface area contributed by atoms with Gasteiger partial charge in [0, 0.05) is 44.0 Å². The minimum Gasteiger partial charge on any atom is -0.456 e. The SMILES string of the molecule is c1ccc(-n2c3ccccc3c3ccc(N(c4ccc5cc6c(cc5c4)oc4ccccc46)c4cccc5oc6ccccc6c45)cc32)cc1. The Bertz CT molecular complexity index is 3110. The molecule has 0 N–H and O–H groups in total. The molecule has 3 heterocycles. The maximum Gasteiger partial charge on any atom is 0.137 e. The second-order valence-electron chi connectivity index (χ2n) is 13.0. The number of hydrogen-bond donors (Lipinski definition) is 0. The van der Waals surface area contributed by atoms with Gasteiger partial charge >= 0.3 is 0 Å². The predicted octanol–water partition coefficient (Wildman–Crippen LogP) is 13.2. The van der Waals surface area contributed by atoms with Crippen LogP contribution in [0.25, 0.3) is 82.1 Å². The third kappa shape index (κ3) is 3.93. The molecule has 0 aliphatic carbocycles. The topological polar surface area (TPSA) is 34.5 Å². The Morgan fingerprint density at radius 3 is 1.92 bits per heavy atom. The summed E-state index contributed by atoms with van der Waals surface area (Å²) in [6.07, 6.45) is 0. The maximum atomic E-state index is 6.41. The number of benzene rings is 8. The van der Waals surface area contributed by atoms with E-state index in [2.05, 4.69) is 155 Å². The highest BCUT2D eigenvalue weighted by Gasteiger charge is 2.22. The molecule has 234 valence electrons. The lowest BCUT2D eigenvalue weighted by Gasteiger charge is -2.27. The Labute approximate surface area is 286 Å². The minimum atomic E-state index is 0.859. The van der Waals surface area contributed by atoms with Crippen LogP contribution >= 0.6 is 0 Å². The largest absolute Gasteiger partial charge is 0.456 e. The average molecular weight is 641 g/mol. The number of furan rings is 2. The highest BCUT2D eigenvalue weighted by atomic mass is 16.3. The van der Waals surface area contributed by atoms with Crippen LogP contribution in [-0.2, 0) is 0 Å². The zero-order chi connectivity index (χ0) is 32.8. The van der Waals surface area contributed by atoms with Crippen LogP contribution in [0, 0.1) is 0 Å². The molecule has 4 heteroatoms. The fraction of sp³-hybridized carbons (Fsp3) is 0. The highest BCUT2D eigenvalue weighted by Crippen LogP contribution is 2.45. The van der Waals surface area contributed by atoms with E-state index in [0.29, 0.717) is 0 Å². The molecule has 3 aromatic heterocycles. The van der Waals surface area contributed by atoms with Gasteiger partial charge in [-0.3, -0.25) is 0 Å². The molecule has 50 heavy (non-hydrogen) atoms. The van der Waals surface area contributed by atoms with Gasteiger partial charge in [0.05, 0.1) is 22.1 Å². The summed E-state index contributed by atoms with van der Waals surface area (Å²) in [6.45, 7) is 0. The molecule has 0 atom stereocenters. The van der Waals surface area contributed by atoms with Gasteiger partial charge in [-0.2, -0.15) is 0 Å². The Kier molecular flexibility index (Phi) is 5.63. The van der Waals surface area contributed by atoms with Crippen molar-refractivity contribution in [1.29, 1.82) is 0 Å². The Morgan fingerprint density at radius 2 is 1.04 bits per heavy atom. The fourth-order valence-corrected chi connectivity index (χ4v) is 7.92. The van der Waals surface area contributed by atoms with Gasteiger partial charge in [-0.25, -0.2) is 0 Å². The van der Waals surface area contributed by atoms with Crippen molar-refractivity contribution in [2.75, 3.05) is 4.90 Å². The van der Waals surface area contributed by atoms with Crippen LogP contribution in [0.3, 0.4) is 0 Å². The third-order valence-corrected chi connectivity index (χ3v) is 10.1. The monoisotopic (exact) mass is 640 g/mol. The van der Waals surface area contributed by atoms with Crippen molar-refractivity contribution in [3.05, 3.63) is 170 Å². The number of fused-ring (bicyclic) bond motifs is 10. The van der Waals surface area contributed by atoms with E-state index in [1.807, 2.05) is 24.3 Å². The Balaban J connectivity index is 1.21. The Morgan fingerprint density at radius 1 is 0.380 bits per heavy atom. The summed E-state index contributed by atoms with van der Waals surface area (Å²) in [5.74, 6) is 0. The second kappa shape index (κ2) is 10.4. The highest BCUT2D eigenvalue weighted by molar-refractivity contribution is 6.15. The lowest BCUT2D eigenvalue weighted by molar-refractivity contribution is 0.669. The van der Waals surface area contributed by atoms with Crippen molar-refractivity contribution < 1.29 is 8.83 Å². The molecule has 4 nitrogen and oxygen atoms in total. The smallest absolute Gasteiger partial charge is 0.137 e. The van der Waals surface area contributed by atoms with Crippen LogP contribution in [0.5, 0.6) is 0 Å². The van der Waals surface area contributed by atoms with Gasteiger partial charge in [0.2, 0.25) is 0 Å². The molecule has 0 spiro atoms. The molecule has 0 unspecified atom stereocenters. The summed E-state index contributed by atoms with van der Waals surface area (Å²) < 4.78 is 15.1. The molecule has 11 aromatic rings. The van der Waals surface area contributed by atoms with Crippen LogP contribution in [0.2, 0.25) is 0 Å². The van der Waals surface area contributed by atoms with Crippen molar-refractivity contribution in [2.24, 2.45) is 0 Å². The van der Waals surface area contributed by atoms with E-state index in [1.165, 1.54) is 21.7 Å². The van der Waals surface area contributed by atoms with Crippen LogP contribution in [0.1, 0.15) is 0 Å². The normalized spacial score (nSPS) is 12.0. The quantitative estimate of drug-likeness (QED) is 0.192. The van der Waals surface area contributed by atoms with Gasteiger partial charge in [-0.05, 0) is 89.6 Å². The number of hydrogen-bond acceptors (Lipinski definition) is 3. The van der Waals surface area contributed by atoms with Gasteiger partial charge in [0.1, 0.15) is 22.3 Å². The third-order valence-electron chi connectivity index (χ3n) is 10.1. The van der Waals surface area contributed by atoms with E-state index in [9.17, 15) is 0 Å². The molecule has 0 radical (unpaired) electrons. The van der Waals surface area contributed by atoms with Crippen molar-refractivity contribution in [2.45, 2.75) is 0 Å². The van der Waals surface area contributed by atoms with E-state index in [4.69, 9.17) is 8.83 Å². The van der Waals surface area contributed by atoms with Crippen LogP contribution < -0.4 is 4.90 Å². The zero-order valence-corrected chi connectivity index (χ0v) is 26.9. The van der Waals surface area contributed by atoms with Crippen molar-refractivity contribution in [1.82, 2.24) is 4.57 Å². The fourth-order valence-electron chi connectivity index (χ4n) is 7.92. The maximum absolute atomic E-state index is 6.41. The lowest BCUT2D eigenvalue weighted by Crippen LogP contribution is -2.10. The number of nitrogens with zero attached hydrogens (tertiary/aromatic N) is 2. The zero-order valence-electron chi connectivity index (χ0n) is 26.9. The molecule has 0 aliphatic heterocycles. The summed E-state index contributed by atoms with van der Waals surface area (Å²) in [7, 11) is 0. The van der Waals surface area contributed by atoms with Crippen LogP contribution in [-0.4, -0.2) is 4.57 Å². The van der Waals surface area contributed by atoms with Crippen molar-refractivity contribution >= 4 is 93.5 Å². The molecule has 0 amide bonds. The Hall–Kier alpha value is -6.78. The predicted molar refractivity (Wildman–Crippen MR) is 208 cm³/mol. The second-order valence-corrected chi connectivity index (χ2v) is 13.0. The summed E-state index contributed by atoms with van der Waals surface area (Å²) in [5, 5.41) is 9.16. The molecular formula is C46H28N2O2. The summed E-state index contributed by atoms with van der Waals surface area (Å²) >= 11 is 0. The minimum absolute atomic E-state index is 0.859. The van der Waals surface area contributed by atoms with Crippen LogP contribution in [0.4, 0.5) is 17.1 Å². The molecule has 11 rings (SSSR count). The molecule has 8 aromatic carbocycles. The molecule has 0 saturated carbocycles. The summed E-state index contributed by atoms with van der Waals surface area (Å²) in [6, 6.07) is 60.2. The van der Waals surface area contributed by atoms with E-state index < -0.39 is 0 Å². The molecule has 0 saturated heterocycles. The standard InChI is InChI=1S/C46H28N2O2/c1-2-11-31(12-3-1)48-39-16-7-4-13-34(39)35-24-23-33(28-41(35)48)47(40-17-10-20-44-46(40)37-15-6-9-19-43(37)49-44)32-22-21-29-26-38-36-14-5-8-18-42(36)50-45(38)27-30(29)25-32/h1-28H. The number of para-hydroxylation sites is 4. The van der Waals surface area contributed by atoms with E-state index in [0.717, 1.165) is 77.5 Å². The summed E-state index contributed by atoms with van der Waals surface area (Å²) in [4.78, 5) is 2.37. The summed E-state index contributed by atoms with van der Waals surface area (Å²) in [5.41, 5.74) is 10.1. The molecule has 0 fully saturated rings. The number of rotatable bonds is 4. The molecular weight excluding hydrogens is 613 g/mol. The van der Waals surface area contributed by atoms with E-state index in [1.54, 1.807) is 0 Å².